The van der Waals surface area contributed by atoms with E-state index >= 15 is 0 Å². The lowest BCUT2D eigenvalue weighted by atomic mass is 9.98. The van der Waals surface area contributed by atoms with E-state index in [0.29, 0.717) is 5.92 Å². The molecule has 0 saturated carbocycles. The number of benzene rings is 2. The molecule has 0 bridgehead atoms. The Morgan fingerprint density at radius 2 is 1.69 bits per heavy atom. The Labute approximate surface area is 154 Å². The second-order valence-electron chi connectivity index (χ2n) is 7.31. The van der Waals surface area contributed by atoms with Crippen LogP contribution in [0, 0.1) is 12.8 Å². The van der Waals surface area contributed by atoms with Gasteiger partial charge in [-0.05, 0) is 55.5 Å². The van der Waals surface area contributed by atoms with Crippen molar-refractivity contribution in [1.82, 2.24) is 14.9 Å². The van der Waals surface area contributed by atoms with Gasteiger partial charge in [-0.25, -0.2) is 9.97 Å². The first kappa shape index (κ1) is 17.1. The lowest BCUT2D eigenvalue weighted by Crippen LogP contribution is -2.22. The molecule has 1 aliphatic rings. The Morgan fingerprint density at radius 3 is 2.42 bits per heavy atom. The van der Waals surface area contributed by atoms with Gasteiger partial charge in [-0.2, -0.15) is 0 Å². The molecular formula is C22H25N3O. The lowest BCUT2D eigenvalue weighted by Gasteiger charge is -2.17. The molecule has 26 heavy (non-hydrogen) atoms. The fourth-order valence-electron chi connectivity index (χ4n) is 3.82. The summed E-state index contributed by atoms with van der Waals surface area (Å²) in [4.78, 5) is 12.0. The molecule has 0 aliphatic carbocycles. The van der Waals surface area contributed by atoms with Crippen molar-refractivity contribution in [2.45, 2.75) is 32.9 Å². The second-order valence-corrected chi connectivity index (χ2v) is 7.31. The summed E-state index contributed by atoms with van der Waals surface area (Å²) in [7, 11) is 0. The van der Waals surface area contributed by atoms with Gasteiger partial charge in [0, 0.05) is 13.1 Å². The van der Waals surface area contributed by atoms with Crippen LogP contribution in [-0.4, -0.2) is 33.1 Å². The summed E-state index contributed by atoms with van der Waals surface area (Å²) < 4.78 is 0. The Bertz CT molecular complexity index is 892. The molecule has 0 unspecified atom stereocenters. The molecule has 0 amide bonds. The molecule has 2 aromatic carbocycles. The predicted octanol–water partition coefficient (Wildman–Crippen LogP) is 3.50. The van der Waals surface area contributed by atoms with Crippen molar-refractivity contribution in [3.8, 4) is 0 Å². The Kier molecular flexibility index (Phi) is 4.96. The average molecular weight is 347 g/mol. The van der Waals surface area contributed by atoms with Gasteiger partial charge in [0.05, 0.1) is 29.0 Å². The van der Waals surface area contributed by atoms with E-state index in [1.54, 1.807) is 0 Å². The Morgan fingerprint density at radius 1 is 1.00 bits per heavy atom. The fourth-order valence-corrected chi connectivity index (χ4v) is 3.82. The number of rotatable bonds is 5. The molecule has 4 rings (SSSR count). The lowest BCUT2D eigenvalue weighted by molar-refractivity contribution is 0.282. The highest BCUT2D eigenvalue weighted by molar-refractivity contribution is 5.74. The highest BCUT2D eigenvalue weighted by Crippen LogP contribution is 2.23. The maximum atomic E-state index is 9.16. The van der Waals surface area contributed by atoms with E-state index in [2.05, 4.69) is 24.0 Å². The van der Waals surface area contributed by atoms with Crippen LogP contribution in [-0.2, 0) is 19.6 Å². The van der Waals surface area contributed by atoms with Crippen LogP contribution < -0.4 is 0 Å². The van der Waals surface area contributed by atoms with Crippen LogP contribution >= 0.6 is 0 Å². The van der Waals surface area contributed by atoms with Crippen molar-refractivity contribution in [3.05, 3.63) is 71.0 Å². The number of aryl methyl sites for hydroxylation is 1. The molecule has 4 heteroatoms. The first-order valence-electron chi connectivity index (χ1n) is 9.34. The van der Waals surface area contributed by atoms with Crippen molar-refractivity contribution in [2.75, 3.05) is 13.1 Å². The maximum absolute atomic E-state index is 9.16. The van der Waals surface area contributed by atoms with E-state index in [9.17, 15) is 0 Å². The molecule has 1 aliphatic heterocycles. The molecule has 134 valence electrons. The van der Waals surface area contributed by atoms with E-state index in [0.717, 1.165) is 54.0 Å². The molecule has 1 fully saturated rings. The molecule has 1 aromatic heterocycles. The van der Waals surface area contributed by atoms with Gasteiger partial charge >= 0.3 is 0 Å². The minimum atomic E-state index is 0.115. The fraction of sp³-hybridized carbons (Fsp3) is 0.364. The van der Waals surface area contributed by atoms with Crippen LogP contribution in [0.4, 0.5) is 0 Å². The second kappa shape index (κ2) is 7.52. The van der Waals surface area contributed by atoms with Crippen LogP contribution in [0.15, 0.2) is 48.5 Å². The summed E-state index contributed by atoms with van der Waals surface area (Å²) in [6.07, 6.45) is 2.33. The van der Waals surface area contributed by atoms with E-state index < -0.39 is 0 Å². The number of nitrogens with zero attached hydrogens (tertiary/aromatic N) is 3. The molecule has 1 N–H and O–H groups in total. The minimum Gasteiger partial charge on any atom is -0.392 e. The summed E-state index contributed by atoms with van der Waals surface area (Å²) in [6, 6.07) is 16.4. The number of likely N-dealkylation sites (tertiary alicyclic amines) is 1. The van der Waals surface area contributed by atoms with Crippen molar-refractivity contribution in [3.63, 3.8) is 0 Å². The third kappa shape index (κ3) is 3.76. The standard InChI is InChI=1S/C22H25N3O/c1-16-22(24-21-5-3-2-4-20(21)23-16)14-25-11-10-19(13-25)12-17-6-8-18(15-26)9-7-17/h2-9,19,26H,10-15H2,1H3/t19-/m0/s1. The molecule has 2 heterocycles. The summed E-state index contributed by atoms with van der Waals surface area (Å²) in [6.45, 7) is 5.28. The molecule has 0 spiro atoms. The van der Waals surface area contributed by atoms with Gasteiger partial charge in [0.25, 0.3) is 0 Å². The summed E-state index contributed by atoms with van der Waals surface area (Å²) in [5.74, 6) is 0.684. The van der Waals surface area contributed by atoms with Crippen LogP contribution in [0.2, 0.25) is 0 Å². The highest BCUT2D eigenvalue weighted by Gasteiger charge is 2.23. The van der Waals surface area contributed by atoms with Crippen molar-refractivity contribution in [1.29, 1.82) is 0 Å². The number of hydrogen-bond acceptors (Lipinski definition) is 4. The zero-order valence-corrected chi connectivity index (χ0v) is 15.2. The topological polar surface area (TPSA) is 49.2 Å². The Hall–Kier alpha value is -2.30. The van der Waals surface area contributed by atoms with Crippen LogP contribution in [0.3, 0.4) is 0 Å². The van der Waals surface area contributed by atoms with Crippen molar-refractivity contribution >= 4 is 11.0 Å². The number of aliphatic hydroxyl groups is 1. The van der Waals surface area contributed by atoms with Gasteiger partial charge in [-0.15, -0.1) is 0 Å². The minimum absolute atomic E-state index is 0.115. The quantitative estimate of drug-likeness (QED) is 0.767. The summed E-state index contributed by atoms with van der Waals surface area (Å²) in [5, 5.41) is 9.16. The van der Waals surface area contributed by atoms with E-state index in [-0.39, 0.29) is 6.61 Å². The third-order valence-electron chi connectivity index (χ3n) is 5.32. The molecule has 4 nitrogen and oxygen atoms in total. The molecule has 1 saturated heterocycles. The Balaban J connectivity index is 1.40. The third-order valence-corrected chi connectivity index (χ3v) is 5.32. The monoisotopic (exact) mass is 347 g/mol. The van der Waals surface area contributed by atoms with Crippen molar-refractivity contribution in [2.24, 2.45) is 5.92 Å². The first-order valence-corrected chi connectivity index (χ1v) is 9.34. The van der Waals surface area contributed by atoms with Crippen LogP contribution in [0.25, 0.3) is 11.0 Å². The average Bonchev–Trinajstić information content (AvgIpc) is 3.10. The van der Waals surface area contributed by atoms with E-state index in [1.807, 2.05) is 36.4 Å². The summed E-state index contributed by atoms with van der Waals surface area (Å²) in [5.41, 5.74) is 6.42. The largest absolute Gasteiger partial charge is 0.392 e. The SMILES string of the molecule is Cc1nc2ccccc2nc1CN1CC[C@@H](Cc2ccc(CO)cc2)C1. The molecule has 3 aromatic rings. The number of aliphatic hydroxyl groups excluding tert-OH is 1. The van der Waals surface area contributed by atoms with Gasteiger partial charge in [0.2, 0.25) is 0 Å². The highest BCUT2D eigenvalue weighted by atomic mass is 16.3. The number of hydrogen-bond donors (Lipinski definition) is 1. The normalized spacial score (nSPS) is 17.8. The molecular weight excluding hydrogens is 322 g/mol. The van der Waals surface area contributed by atoms with Crippen LogP contribution in [0.5, 0.6) is 0 Å². The number of para-hydroxylation sites is 2. The smallest absolute Gasteiger partial charge is 0.0890 e. The van der Waals surface area contributed by atoms with Gasteiger partial charge < -0.3 is 5.11 Å². The van der Waals surface area contributed by atoms with Gasteiger partial charge in [0.1, 0.15) is 0 Å². The molecule has 1 atom stereocenters. The first-order chi connectivity index (χ1) is 12.7. The number of fused-ring (bicyclic) bond motifs is 1. The van der Waals surface area contributed by atoms with Crippen molar-refractivity contribution < 1.29 is 5.11 Å². The predicted molar refractivity (Wildman–Crippen MR) is 104 cm³/mol. The summed E-state index contributed by atoms with van der Waals surface area (Å²) >= 11 is 0. The maximum Gasteiger partial charge on any atom is 0.0890 e. The van der Waals surface area contributed by atoms with E-state index in [1.165, 1.54) is 12.0 Å². The van der Waals surface area contributed by atoms with E-state index in [4.69, 9.17) is 15.1 Å². The zero-order chi connectivity index (χ0) is 17.9. The van der Waals surface area contributed by atoms with Gasteiger partial charge in [-0.1, -0.05) is 36.4 Å². The van der Waals surface area contributed by atoms with Gasteiger partial charge in [-0.3, -0.25) is 4.90 Å². The number of aromatic nitrogens is 2. The molecule has 0 radical (unpaired) electrons. The van der Waals surface area contributed by atoms with Gasteiger partial charge in [0.15, 0.2) is 0 Å². The zero-order valence-electron chi connectivity index (χ0n) is 15.2. The van der Waals surface area contributed by atoms with Crippen LogP contribution in [0.1, 0.15) is 28.9 Å².